The number of rotatable bonds is 0. The van der Waals surface area contributed by atoms with Gasteiger partial charge < -0.3 is 27.4 Å². The topological polar surface area (TPSA) is 150 Å². The van der Waals surface area contributed by atoms with Gasteiger partial charge in [0.25, 0.3) is 0 Å². The minimum atomic E-state index is 0. The van der Waals surface area contributed by atoms with E-state index in [9.17, 15) is 0 Å². The van der Waals surface area contributed by atoms with Crippen LogP contribution < -0.4 is 0 Å². The second-order valence-corrected chi connectivity index (χ2v) is 0. The third-order valence-corrected chi connectivity index (χ3v) is 0. The molecule has 1 radical (unpaired) electrons. The molecule has 0 saturated heterocycles. The van der Waals surface area contributed by atoms with Crippen LogP contribution in [0.5, 0.6) is 0 Å². The molecule has 0 unspecified atom stereocenters. The van der Waals surface area contributed by atoms with Gasteiger partial charge in [-0.25, -0.2) is 0 Å². The Morgan fingerprint density at radius 3 is 0.429 bits per heavy atom. The van der Waals surface area contributed by atoms with Crippen molar-refractivity contribution >= 4 is 0 Å². The second kappa shape index (κ2) is 120. The van der Waals surface area contributed by atoms with Gasteiger partial charge in [0.05, 0.1) is 0 Å². The Morgan fingerprint density at radius 1 is 0.429 bits per heavy atom. The number of hydrogen-bond acceptors (Lipinski definition) is 5. The minimum absolute atomic E-state index is 0. The van der Waals surface area contributed by atoms with Crippen molar-refractivity contribution in [1.29, 1.82) is 0 Å². The van der Waals surface area contributed by atoms with Crippen molar-refractivity contribution in [2.45, 2.75) is 0 Å². The van der Waals surface area contributed by atoms with Gasteiger partial charge >= 0.3 is 58.8 Å². The summed E-state index contributed by atoms with van der Waals surface area (Å²) >= 11 is 0. The predicted molar refractivity (Wildman–Crippen MR) is 9.68 cm³/mol. The summed E-state index contributed by atoms with van der Waals surface area (Å²) in [6, 6.07) is 0. The Labute approximate surface area is 85.3 Å². The molecule has 0 atom stereocenters. The quantitative estimate of drug-likeness (QED) is 0.527. The normalized spacial score (nSPS) is 0. The molecule has 0 saturated carbocycles. The van der Waals surface area contributed by atoms with Gasteiger partial charge in [-0.1, -0.05) is 0 Å². The molecule has 0 aliphatic heterocycles. The Balaban J connectivity index is 0. The van der Waals surface area contributed by atoms with E-state index in [4.69, 9.17) is 0 Å². The van der Waals surface area contributed by atoms with Gasteiger partial charge in [-0.15, -0.1) is 0 Å². The van der Waals surface area contributed by atoms with E-state index in [2.05, 4.69) is 0 Å². The molecule has 0 rings (SSSR count). The summed E-state index contributed by atoms with van der Waals surface area (Å²) in [5, 5.41) is 0. The second-order valence-electron chi connectivity index (χ2n) is 0. The first-order valence-electron chi connectivity index (χ1n) is 0. The molecular formula is H5CeFeO5. The fourth-order valence-corrected chi connectivity index (χ4v) is 0. The Morgan fingerprint density at radius 2 is 0.429 bits per heavy atom. The monoisotopic (exact) mass is 281 g/mol. The number of hydrogen-bond donors (Lipinski definition) is 0. The Bertz CT molecular complexity index is 8.04. The maximum Gasteiger partial charge on any atom is 3.00 e. The van der Waals surface area contributed by atoms with Gasteiger partial charge in [-0.05, 0) is 0 Å². The molecule has 0 aliphatic rings. The maximum absolute atomic E-state index is 0. The molecule has 0 spiro atoms. The first-order chi connectivity index (χ1) is 0. The average molecular weight is 281 g/mol. The first kappa shape index (κ1) is 179. The summed E-state index contributed by atoms with van der Waals surface area (Å²) in [6.07, 6.45) is 0. The molecule has 0 heterocycles. The van der Waals surface area contributed by atoms with Crippen LogP contribution in [0.3, 0.4) is 0 Å². The van der Waals surface area contributed by atoms with Crippen molar-refractivity contribution in [3.05, 3.63) is 0 Å². The van der Waals surface area contributed by atoms with Crippen molar-refractivity contribution in [2.24, 2.45) is 0 Å². The zero-order valence-electron chi connectivity index (χ0n) is 3.09. The molecule has 5 nitrogen and oxygen atoms in total. The molecule has 0 amide bonds. The SMILES string of the molecule is [Ce+3].[Fe+2].[OH-].[OH-].[OH-].[OH-].[OH-]. The van der Waals surface area contributed by atoms with Gasteiger partial charge in [0.2, 0.25) is 0 Å². The summed E-state index contributed by atoms with van der Waals surface area (Å²) in [7, 11) is 0. The summed E-state index contributed by atoms with van der Waals surface area (Å²) in [4.78, 5) is 0. The maximum atomic E-state index is 0. The Hall–Kier alpha value is 1.70. The van der Waals surface area contributed by atoms with Crippen LogP contribution in [-0.2, 0) is 17.1 Å². The van der Waals surface area contributed by atoms with E-state index in [0.29, 0.717) is 0 Å². The molecular weight excluding hydrogens is 276 g/mol. The van der Waals surface area contributed by atoms with E-state index in [1.54, 1.807) is 0 Å². The van der Waals surface area contributed by atoms with E-state index in [1.165, 1.54) is 0 Å². The molecule has 47 valence electrons. The van der Waals surface area contributed by atoms with Gasteiger partial charge in [0.1, 0.15) is 0 Å². The smallest absolute Gasteiger partial charge is 0.870 e. The molecule has 7 heteroatoms. The zero-order chi connectivity index (χ0) is 0. The summed E-state index contributed by atoms with van der Waals surface area (Å²) in [5.41, 5.74) is 0. The van der Waals surface area contributed by atoms with Crippen LogP contribution in [0.1, 0.15) is 0 Å². The van der Waals surface area contributed by atoms with Gasteiger partial charge in [-0.2, -0.15) is 0 Å². The molecule has 0 fully saturated rings. The molecule has 0 bridgehead atoms. The summed E-state index contributed by atoms with van der Waals surface area (Å²) in [6.45, 7) is 0. The minimum Gasteiger partial charge on any atom is -0.870 e. The van der Waals surface area contributed by atoms with Crippen LogP contribution >= 0.6 is 0 Å². The van der Waals surface area contributed by atoms with E-state index in [1.807, 2.05) is 0 Å². The van der Waals surface area contributed by atoms with Crippen LogP contribution in [0.2, 0.25) is 0 Å². The summed E-state index contributed by atoms with van der Waals surface area (Å²) < 4.78 is 0. The van der Waals surface area contributed by atoms with E-state index in [0.717, 1.165) is 0 Å². The van der Waals surface area contributed by atoms with Crippen LogP contribution in [0.15, 0.2) is 0 Å². The molecule has 7 heavy (non-hydrogen) atoms. The summed E-state index contributed by atoms with van der Waals surface area (Å²) in [5.74, 6) is 0. The van der Waals surface area contributed by atoms with Crippen LogP contribution in [0, 0.1) is 41.7 Å². The van der Waals surface area contributed by atoms with Crippen molar-refractivity contribution < 1.29 is 86.2 Å². The average Bonchev–Trinajstić information content (AvgIpc) is 0. The molecule has 0 aromatic heterocycles. The van der Waals surface area contributed by atoms with Crippen molar-refractivity contribution in [3.8, 4) is 0 Å². The first-order valence-corrected chi connectivity index (χ1v) is 0. The fourth-order valence-electron chi connectivity index (χ4n) is 0. The van der Waals surface area contributed by atoms with Crippen molar-refractivity contribution in [3.63, 3.8) is 0 Å². The molecule has 0 aliphatic carbocycles. The van der Waals surface area contributed by atoms with E-state index < -0.39 is 0 Å². The largest absolute Gasteiger partial charge is 3.00 e. The molecule has 5 N–H and O–H groups in total. The zero-order valence-corrected chi connectivity index (χ0v) is 7.33. The van der Waals surface area contributed by atoms with Crippen molar-refractivity contribution in [2.75, 3.05) is 0 Å². The standard InChI is InChI=1S/Ce.Fe.5H2O/h;;5*1H2/q+3;+2;;;;;/p-5. The van der Waals surface area contributed by atoms with Gasteiger partial charge in [0.15, 0.2) is 0 Å². The van der Waals surface area contributed by atoms with E-state index in [-0.39, 0.29) is 86.2 Å². The van der Waals surface area contributed by atoms with Crippen molar-refractivity contribution in [1.82, 2.24) is 0 Å². The van der Waals surface area contributed by atoms with Gasteiger partial charge in [-0.3, -0.25) is 0 Å². The van der Waals surface area contributed by atoms with Gasteiger partial charge in [0, 0.05) is 0 Å². The van der Waals surface area contributed by atoms with E-state index >= 15 is 0 Å². The van der Waals surface area contributed by atoms with Crippen LogP contribution in [0.4, 0.5) is 0 Å². The molecule has 0 aromatic carbocycles. The van der Waals surface area contributed by atoms with Crippen LogP contribution in [0.25, 0.3) is 0 Å². The molecule has 0 aromatic rings. The fraction of sp³-hybridized carbons (Fsp3) is 0. The Kier molecular flexibility index (Phi) is 3070. The third-order valence-electron chi connectivity index (χ3n) is 0. The predicted octanol–water partition coefficient (Wildman–Crippen LogP) is -0.886. The van der Waals surface area contributed by atoms with Crippen LogP contribution in [-0.4, -0.2) is 27.4 Å². The third kappa shape index (κ3) is 86.8.